The number of nitro benzene ring substituents is 1. The van der Waals surface area contributed by atoms with Crippen LogP contribution in [0.25, 0.3) is 0 Å². The molecule has 1 saturated heterocycles. The Labute approximate surface area is 370 Å². The third kappa shape index (κ3) is 14.5. The second kappa shape index (κ2) is 23.4. The number of aliphatic carboxylic acids is 1. The molecule has 3 aromatic rings. The molecule has 20 heteroatoms. The number of carboxylic acids is 1. The van der Waals surface area contributed by atoms with Crippen molar-refractivity contribution in [1.29, 1.82) is 0 Å². The molecule has 1 heterocycles. The maximum Gasteiger partial charge on any atom is 0.310 e. The Kier molecular flexibility index (Phi) is 18.1. The monoisotopic (exact) mass is 887 g/mol. The van der Waals surface area contributed by atoms with Crippen LogP contribution in [0.3, 0.4) is 0 Å². The van der Waals surface area contributed by atoms with E-state index in [1.807, 2.05) is 38.1 Å². The highest BCUT2D eigenvalue weighted by Gasteiger charge is 2.39. The molecule has 20 nitrogen and oxygen atoms in total. The molecule has 4 rings (SSSR count). The summed E-state index contributed by atoms with van der Waals surface area (Å²) >= 11 is 0. The van der Waals surface area contributed by atoms with Gasteiger partial charge >= 0.3 is 11.7 Å². The van der Waals surface area contributed by atoms with Gasteiger partial charge in [-0.1, -0.05) is 68.4 Å². The van der Waals surface area contributed by atoms with E-state index < -0.39 is 107 Å². The van der Waals surface area contributed by atoms with Gasteiger partial charge in [0.15, 0.2) is 5.75 Å². The molecule has 0 spiro atoms. The molecule has 344 valence electrons. The lowest BCUT2D eigenvalue weighted by Gasteiger charge is -2.30. The van der Waals surface area contributed by atoms with Crippen molar-refractivity contribution in [2.75, 3.05) is 12.3 Å². The third-order valence-electron chi connectivity index (χ3n) is 10.7. The molecular formula is C44H57N9O11. The molecule has 1 aliphatic heterocycles. The Morgan fingerprint density at radius 2 is 1.42 bits per heavy atom. The number of phenols is 1. The molecule has 6 amide bonds. The molecule has 0 saturated carbocycles. The van der Waals surface area contributed by atoms with Crippen molar-refractivity contribution in [2.24, 2.45) is 11.7 Å². The quantitative estimate of drug-likeness (QED) is 0.0368. The van der Waals surface area contributed by atoms with E-state index in [-0.39, 0.29) is 37.3 Å². The van der Waals surface area contributed by atoms with Gasteiger partial charge in [-0.2, -0.15) is 0 Å². The first-order chi connectivity index (χ1) is 30.3. The second-order valence-electron chi connectivity index (χ2n) is 16.2. The van der Waals surface area contributed by atoms with Gasteiger partial charge in [-0.15, -0.1) is 0 Å². The summed E-state index contributed by atoms with van der Waals surface area (Å²) in [6, 6.07) is 12.5. The number of primary amides is 1. The smallest absolute Gasteiger partial charge is 0.310 e. The topological polar surface area (TPSA) is 319 Å². The molecule has 0 radical (unpaired) electrons. The first-order valence-corrected chi connectivity index (χ1v) is 20.9. The number of hydrogen-bond acceptors (Lipinski definition) is 12. The van der Waals surface area contributed by atoms with E-state index in [1.165, 1.54) is 17.9 Å². The van der Waals surface area contributed by atoms with Crippen LogP contribution >= 0.6 is 0 Å². The van der Waals surface area contributed by atoms with E-state index in [4.69, 9.17) is 16.6 Å². The minimum Gasteiger partial charge on any atom is -0.502 e. The van der Waals surface area contributed by atoms with E-state index in [0.717, 1.165) is 23.3 Å². The SMILES string of the molecule is CC(C)C[C@H](NCc1ccccc1N)C(=O)N[C@@H](Cc1ccccc1)C(=O)N[C@@H](C)C(=O)N1CCC[C@H]1C(=O)N[C@@H](Cc1ccc(O)c([N+](=O)[O-])c1)C(=O)N[C@@H](CCC(=O)O)C(N)=O. The fourth-order valence-electron chi connectivity index (χ4n) is 7.32. The van der Waals surface area contributed by atoms with Gasteiger partial charge in [0, 0.05) is 44.1 Å². The molecule has 6 atom stereocenters. The number of carbonyl (C=O) groups is 7. The summed E-state index contributed by atoms with van der Waals surface area (Å²) in [7, 11) is 0. The van der Waals surface area contributed by atoms with Gasteiger partial charge in [-0.3, -0.25) is 43.7 Å². The van der Waals surface area contributed by atoms with Gasteiger partial charge in [0.1, 0.15) is 30.2 Å². The van der Waals surface area contributed by atoms with Crippen LogP contribution in [0.2, 0.25) is 0 Å². The summed E-state index contributed by atoms with van der Waals surface area (Å²) in [6.45, 7) is 5.78. The van der Waals surface area contributed by atoms with Gasteiger partial charge in [0.2, 0.25) is 35.4 Å². The molecule has 11 N–H and O–H groups in total. The van der Waals surface area contributed by atoms with Gasteiger partial charge in [0.05, 0.1) is 11.0 Å². The fourth-order valence-corrected chi connectivity index (χ4v) is 7.32. The lowest BCUT2D eigenvalue weighted by molar-refractivity contribution is -0.385. The number of nitrogens with two attached hydrogens (primary N) is 2. The zero-order chi connectivity index (χ0) is 47.1. The Balaban J connectivity index is 1.51. The van der Waals surface area contributed by atoms with Crippen LogP contribution < -0.4 is 38.1 Å². The van der Waals surface area contributed by atoms with Gasteiger partial charge in [0.25, 0.3) is 0 Å². The first kappa shape index (κ1) is 49.6. The number of amides is 6. The third-order valence-corrected chi connectivity index (χ3v) is 10.7. The molecule has 0 unspecified atom stereocenters. The number of rotatable bonds is 23. The number of likely N-dealkylation sites (tertiary alicyclic amines) is 1. The maximum atomic E-state index is 14.0. The van der Waals surface area contributed by atoms with Crippen molar-refractivity contribution in [3.63, 3.8) is 0 Å². The van der Waals surface area contributed by atoms with E-state index in [1.54, 1.807) is 30.3 Å². The average Bonchev–Trinajstić information content (AvgIpc) is 3.74. The summed E-state index contributed by atoms with van der Waals surface area (Å²) in [5.41, 5.74) is 13.1. The Bertz CT molecular complexity index is 2170. The summed E-state index contributed by atoms with van der Waals surface area (Å²) < 4.78 is 0. The Morgan fingerprint density at radius 1 is 0.812 bits per heavy atom. The van der Waals surface area contributed by atoms with Crippen molar-refractivity contribution in [2.45, 2.75) is 109 Å². The van der Waals surface area contributed by atoms with Gasteiger partial charge in [-0.25, -0.2) is 0 Å². The minimum absolute atomic E-state index is 0.0919. The highest BCUT2D eigenvalue weighted by atomic mass is 16.6. The molecule has 64 heavy (non-hydrogen) atoms. The van der Waals surface area contributed by atoms with E-state index in [2.05, 4.69) is 26.6 Å². The number of carbonyl (C=O) groups excluding carboxylic acids is 6. The first-order valence-electron chi connectivity index (χ1n) is 20.9. The molecule has 3 aromatic carbocycles. The zero-order valence-corrected chi connectivity index (χ0v) is 36.0. The van der Waals surface area contributed by atoms with Crippen molar-refractivity contribution < 1.29 is 48.7 Å². The number of nitro groups is 1. The number of benzene rings is 3. The molecule has 0 bridgehead atoms. The van der Waals surface area contributed by atoms with Crippen LogP contribution in [-0.2, 0) is 52.9 Å². The number of hydrogen-bond donors (Lipinski definition) is 9. The number of carboxylic acid groups (broad SMARTS) is 1. The molecule has 0 aliphatic carbocycles. The number of nitrogen functional groups attached to an aromatic ring is 1. The predicted octanol–water partition coefficient (Wildman–Crippen LogP) is 1.17. The average molecular weight is 888 g/mol. The van der Waals surface area contributed by atoms with E-state index >= 15 is 0 Å². The Morgan fingerprint density at radius 3 is 2.06 bits per heavy atom. The minimum atomic E-state index is -1.53. The molecule has 1 aliphatic rings. The highest BCUT2D eigenvalue weighted by Crippen LogP contribution is 2.27. The van der Waals surface area contributed by atoms with Crippen LogP contribution in [0.4, 0.5) is 11.4 Å². The number of anilines is 1. The number of aromatic hydroxyl groups is 1. The molecule has 1 fully saturated rings. The van der Waals surface area contributed by atoms with Gasteiger partial charge < -0.3 is 53.2 Å². The number of nitrogens with one attached hydrogen (secondary N) is 5. The zero-order valence-electron chi connectivity index (χ0n) is 36.0. The summed E-state index contributed by atoms with van der Waals surface area (Å²) in [5.74, 6) is -6.33. The summed E-state index contributed by atoms with van der Waals surface area (Å²) in [4.78, 5) is 105. The normalized spacial score (nSPS) is 15.8. The van der Waals surface area contributed by atoms with Crippen molar-refractivity contribution in [1.82, 2.24) is 31.5 Å². The van der Waals surface area contributed by atoms with Crippen LogP contribution in [-0.4, -0.2) is 104 Å². The second-order valence-corrected chi connectivity index (χ2v) is 16.2. The van der Waals surface area contributed by atoms with E-state index in [0.29, 0.717) is 25.1 Å². The van der Waals surface area contributed by atoms with Crippen molar-refractivity contribution >= 4 is 52.8 Å². The standard InChI is InChI=1S/C44H57N9O11/c1-25(2)20-32(47-24-29-12-7-8-13-30(29)45)40(58)50-33(21-27-10-5-4-6-11-27)41(59)48-26(3)44(62)52-19-9-14-35(52)43(61)51-34(22-28-15-17-37(54)36(23-28)53(63)64)42(60)49-31(39(46)57)16-18-38(55)56/h4-8,10-13,15,17,23,25-26,31-35,47,54H,9,14,16,18-22,24,45H2,1-3H3,(H2,46,57)(H,48,59)(H,49,60)(H,50,58)(H,51,61)(H,55,56)/t26-,31-,32-,33-,34-,35-/m0/s1. The lowest BCUT2D eigenvalue weighted by atomic mass is 10.0. The van der Waals surface area contributed by atoms with Crippen LogP contribution in [0.1, 0.15) is 69.6 Å². The summed E-state index contributed by atoms with van der Waals surface area (Å²) in [6.07, 6.45) is -0.220. The maximum absolute atomic E-state index is 14.0. The molecular weight excluding hydrogens is 831 g/mol. The van der Waals surface area contributed by atoms with Crippen LogP contribution in [0, 0.1) is 16.0 Å². The van der Waals surface area contributed by atoms with Crippen LogP contribution in [0.15, 0.2) is 72.8 Å². The van der Waals surface area contributed by atoms with E-state index in [9.17, 15) is 48.8 Å². The Hall–Kier alpha value is -7.09. The number of phenolic OH excluding ortho intramolecular Hbond substituents is 1. The fraction of sp³-hybridized carbons (Fsp3) is 0.432. The molecule has 0 aromatic heterocycles. The predicted molar refractivity (Wildman–Crippen MR) is 234 cm³/mol. The largest absolute Gasteiger partial charge is 0.502 e. The van der Waals surface area contributed by atoms with Crippen molar-refractivity contribution in [3.05, 3.63) is 99.6 Å². The van der Waals surface area contributed by atoms with Crippen LogP contribution in [0.5, 0.6) is 5.75 Å². The summed E-state index contributed by atoms with van der Waals surface area (Å²) in [5, 5.41) is 44.4. The number of para-hydroxylation sites is 1. The lowest BCUT2D eigenvalue weighted by Crippen LogP contribution is -2.59. The highest BCUT2D eigenvalue weighted by molar-refractivity contribution is 5.97. The van der Waals surface area contributed by atoms with Gasteiger partial charge in [-0.05, 0) is 67.3 Å². The number of nitrogens with zero attached hydrogens (tertiary/aromatic N) is 2. The van der Waals surface area contributed by atoms with Crippen molar-refractivity contribution in [3.8, 4) is 5.75 Å².